The SMILES string of the molecule is CC(=O)NCC(=Cc1ccc(-c2ccccn2)cc1)B1OC(C)(C)C(C)(C)O1. The number of aromatic nitrogens is 1. The highest BCUT2D eigenvalue weighted by Crippen LogP contribution is 2.38. The van der Waals surface area contributed by atoms with E-state index >= 15 is 0 Å². The van der Waals surface area contributed by atoms with Crippen molar-refractivity contribution in [2.45, 2.75) is 45.8 Å². The number of nitrogens with zero attached hydrogens (tertiary/aromatic N) is 1. The molecule has 1 amide bonds. The highest BCUT2D eigenvalue weighted by atomic mass is 16.7. The number of pyridine rings is 1. The molecule has 0 spiro atoms. The van der Waals surface area contributed by atoms with Gasteiger partial charge in [-0.05, 0) is 50.9 Å². The average molecular weight is 378 g/mol. The molecule has 2 heterocycles. The van der Waals surface area contributed by atoms with Crippen molar-refractivity contribution in [1.82, 2.24) is 10.3 Å². The van der Waals surface area contributed by atoms with Crippen molar-refractivity contribution in [2.24, 2.45) is 0 Å². The molecule has 0 radical (unpaired) electrons. The Morgan fingerprint density at radius 2 is 1.71 bits per heavy atom. The van der Waals surface area contributed by atoms with E-state index in [1.54, 1.807) is 6.20 Å². The van der Waals surface area contributed by atoms with Crippen LogP contribution in [0.2, 0.25) is 0 Å². The van der Waals surface area contributed by atoms with Crippen LogP contribution in [0, 0.1) is 0 Å². The summed E-state index contributed by atoms with van der Waals surface area (Å²) in [5.41, 5.74) is 3.00. The Balaban J connectivity index is 1.86. The molecule has 6 heteroatoms. The maximum absolute atomic E-state index is 11.4. The third kappa shape index (κ3) is 4.51. The van der Waals surface area contributed by atoms with E-state index in [-0.39, 0.29) is 5.91 Å². The molecule has 0 unspecified atom stereocenters. The zero-order valence-electron chi connectivity index (χ0n) is 17.2. The Hall–Kier alpha value is -2.44. The van der Waals surface area contributed by atoms with Gasteiger partial charge in [0, 0.05) is 25.2 Å². The lowest BCUT2D eigenvalue weighted by Crippen LogP contribution is -2.41. The van der Waals surface area contributed by atoms with Gasteiger partial charge in [-0.15, -0.1) is 0 Å². The monoisotopic (exact) mass is 378 g/mol. The smallest absolute Gasteiger partial charge is 0.400 e. The highest BCUT2D eigenvalue weighted by Gasteiger charge is 2.52. The molecule has 1 fully saturated rings. The number of carbonyl (C=O) groups excluding carboxylic acids is 1. The zero-order valence-corrected chi connectivity index (χ0v) is 17.2. The summed E-state index contributed by atoms with van der Waals surface area (Å²) in [7, 11) is -0.507. The normalized spacial score (nSPS) is 18.2. The first-order valence-electron chi connectivity index (χ1n) is 9.50. The van der Waals surface area contributed by atoms with Crippen molar-refractivity contribution >= 4 is 19.1 Å². The van der Waals surface area contributed by atoms with Crippen molar-refractivity contribution < 1.29 is 14.1 Å². The summed E-state index contributed by atoms with van der Waals surface area (Å²) >= 11 is 0. The van der Waals surface area contributed by atoms with E-state index in [9.17, 15) is 4.79 Å². The molecule has 1 saturated heterocycles. The van der Waals surface area contributed by atoms with Crippen molar-refractivity contribution in [3.8, 4) is 11.3 Å². The fraction of sp³-hybridized carbons (Fsp3) is 0.364. The minimum atomic E-state index is -0.507. The van der Waals surface area contributed by atoms with Gasteiger partial charge >= 0.3 is 7.12 Å². The van der Waals surface area contributed by atoms with Gasteiger partial charge in [0.25, 0.3) is 0 Å². The Kier molecular flexibility index (Phi) is 5.73. The summed E-state index contributed by atoms with van der Waals surface area (Å²) < 4.78 is 12.3. The molecule has 0 saturated carbocycles. The van der Waals surface area contributed by atoms with Crippen LogP contribution in [-0.4, -0.2) is 35.8 Å². The third-order valence-corrected chi connectivity index (χ3v) is 5.32. The topological polar surface area (TPSA) is 60.5 Å². The summed E-state index contributed by atoms with van der Waals surface area (Å²) in [5.74, 6) is -0.0899. The lowest BCUT2D eigenvalue weighted by Gasteiger charge is -2.32. The number of nitrogens with one attached hydrogen (secondary N) is 1. The van der Waals surface area contributed by atoms with Gasteiger partial charge in [-0.25, -0.2) is 0 Å². The second-order valence-corrected chi connectivity index (χ2v) is 8.05. The molecule has 0 atom stereocenters. The fourth-order valence-electron chi connectivity index (χ4n) is 2.92. The molecule has 1 aliphatic rings. The molecule has 3 rings (SSSR count). The average Bonchev–Trinajstić information content (AvgIpc) is 2.87. The van der Waals surface area contributed by atoms with E-state index in [1.165, 1.54) is 6.92 Å². The molecule has 146 valence electrons. The van der Waals surface area contributed by atoms with Gasteiger partial charge in [-0.1, -0.05) is 36.4 Å². The van der Waals surface area contributed by atoms with Crippen LogP contribution in [0.5, 0.6) is 0 Å². The van der Waals surface area contributed by atoms with Crippen LogP contribution in [0.4, 0.5) is 0 Å². The first kappa shape index (κ1) is 20.3. The van der Waals surface area contributed by atoms with Crippen LogP contribution < -0.4 is 5.32 Å². The molecular weight excluding hydrogens is 351 g/mol. The quantitative estimate of drug-likeness (QED) is 0.802. The van der Waals surface area contributed by atoms with Gasteiger partial charge in [0.2, 0.25) is 5.91 Å². The van der Waals surface area contributed by atoms with E-state index in [1.807, 2.05) is 76.2 Å². The van der Waals surface area contributed by atoms with Gasteiger partial charge in [-0.3, -0.25) is 9.78 Å². The summed E-state index contributed by atoms with van der Waals surface area (Å²) in [6.07, 6.45) is 3.80. The van der Waals surface area contributed by atoms with Crippen LogP contribution in [-0.2, 0) is 14.1 Å². The summed E-state index contributed by atoms with van der Waals surface area (Å²) in [4.78, 5) is 15.8. The summed E-state index contributed by atoms with van der Waals surface area (Å²) in [5, 5.41) is 2.86. The number of hydrogen-bond donors (Lipinski definition) is 1. The molecule has 28 heavy (non-hydrogen) atoms. The van der Waals surface area contributed by atoms with Gasteiger partial charge in [-0.2, -0.15) is 0 Å². The first-order chi connectivity index (χ1) is 13.2. The van der Waals surface area contributed by atoms with E-state index in [2.05, 4.69) is 10.3 Å². The van der Waals surface area contributed by atoms with Crippen LogP contribution in [0.15, 0.2) is 54.1 Å². The van der Waals surface area contributed by atoms with E-state index < -0.39 is 18.3 Å². The fourth-order valence-corrected chi connectivity index (χ4v) is 2.92. The molecular formula is C22H27BN2O3. The first-order valence-corrected chi connectivity index (χ1v) is 9.50. The second-order valence-electron chi connectivity index (χ2n) is 8.05. The number of carbonyl (C=O) groups is 1. The van der Waals surface area contributed by atoms with Crippen LogP contribution in [0.25, 0.3) is 17.3 Å². The molecule has 0 bridgehead atoms. The van der Waals surface area contributed by atoms with Crippen molar-refractivity contribution in [3.05, 3.63) is 59.7 Å². The van der Waals surface area contributed by atoms with Crippen LogP contribution >= 0.6 is 0 Å². The number of rotatable bonds is 5. The molecule has 1 aromatic heterocycles. The lowest BCUT2D eigenvalue weighted by atomic mass is 9.77. The molecule has 5 nitrogen and oxygen atoms in total. The molecule has 1 aliphatic heterocycles. The molecule has 0 aliphatic carbocycles. The third-order valence-electron chi connectivity index (χ3n) is 5.32. The van der Waals surface area contributed by atoms with E-state index in [0.717, 1.165) is 22.3 Å². The Morgan fingerprint density at radius 1 is 1.07 bits per heavy atom. The zero-order chi connectivity index (χ0) is 20.4. The van der Waals surface area contributed by atoms with Crippen molar-refractivity contribution in [1.29, 1.82) is 0 Å². The Bertz CT molecular complexity index is 845. The summed E-state index contributed by atoms with van der Waals surface area (Å²) in [6, 6.07) is 14.0. The van der Waals surface area contributed by atoms with E-state index in [4.69, 9.17) is 9.31 Å². The summed E-state index contributed by atoms with van der Waals surface area (Å²) in [6.45, 7) is 9.95. The lowest BCUT2D eigenvalue weighted by molar-refractivity contribution is -0.118. The largest absolute Gasteiger partial charge is 0.492 e. The Morgan fingerprint density at radius 3 is 2.25 bits per heavy atom. The molecule has 1 aromatic carbocycles. The van der Waals surface area contributed by atoms with Crippen molar-refractivity contribution in [2.75, 3.05) is 6.54 Å². The highest BCUT2D eigenvalue weighted by molar-refractivity contribution is 6.56. The maximum Gasteiger partial charge on any atom is 0.492 e. The van der Waals surface area contributed by atoms with Gasteiger partial charge in [0.05, 0.1) is 16.9 Å². The second kappa shape index (κ2) is 7.90. The van der Waals surface area contributed by atoms with Crippen molar-refractivity contribution in [3.63, 3.8) is 0 Å². The van der Waals surface area contributed by atoms with Gasteiger partial charge in [0.1, 0.15) is 0 Å². The predicted molar refractivity (Wildman–Crippen MR) is 112 cm³/mol. The number of hydrogen-bond acceptors (Lipinski definition) is 4. The van der Waals surface area contributed by atoms with Gasteiger partial charge < -0.3 is 14.6 Å². The minimum Gasteiger partial charge on any atom is -0.400 e. The molecule has 2 aromatic rings. The van der Waals surface area contributed by atoms with Gasteiger partial charge in [0.15, 0.2) is 0 Å². The minimum absolute atomic E-state index is 0.0899. The number of benzene rings is 1. The maximum atomic E-state index is 11.4. The van der Waals surface area contributed by atoms with Crippen LogP contribution in [0.3, 0.4) is 0 Å². The standard InChI is InChI=1S/C22H27BN2O3/c1-16(26)25-15-19(23-27-21(2,3)22(4,5)28-23)14-17-9-11-18(12-10-17)20-8-6-7-13-24-20/h6-14H,15H2,1-5H3,(H,25,26). The predicted octanol–water partition coefficient (Wildman–Crippen LogP) is 3.90. The van der Waals surface area contributed by atoms with Crippen LogP contribution in [0.1, 0.15) is 40.2 Å². The Labute approximate surface area is 167 Å². The number of amides is 1. The molecule has 1 N–H and O–H groups in total. The van der Waals surface area contributed by atoms with E-state index in [0.29, 0.717) is 6.54 Å².